The molecule has 0 bridgehead atoms. The summed E-state index contributed by atoms with van der Waals surface area (Å²) in [6, 6.07) is 7.47. The van der Waals surface area contributed by atoms with E-state index < -0.39 is 0 Å². The molecule has 0 aliphatic heterocycles. The number of hydrogen-bond acceptors (Lipinski definition) is 1. The predicted molar refractivity (Wildman–Crippen MR) is 57.1 cm³/mol. The maximum atomic E-state index is 5.49. The summed E-state index contributed by atoms with van der Waals surface area (Å²) >= 11 is 0. The van der Waals surface area contributed by atoms with Gasteiger partial charge in [0.1, 0.15) is 5.75 Å². The van der Waals surface area contributed by atoms with Crippen LogP contribution in [0.25, 0.3) is 0 Å². The Bertz CT molecular complexity index is 293. The minimum Gasteiger partial charge on any atom is -0.494 e. The molecule has 0 saturated carbocycles. The van der Waals surface area contributed by atoms with E-state index in [9.17, 15) is 0 Å². The highest BCUT2D eigenvalue weighted by molar-refractivity contribution is 5.92. The Kier molecular flexibility index (Phi) is 3.98. The van der Waals surface area contributed by atoms with Crippen molar-refractivity contribution < 1.29 is 10.1 Å². The van der Waals surface area contributed by atoms with E-state index in [0.29, 0.717) is 5.84 Å². The van der Waals surface area contributed by atoms with Crippen LogP contribution in [0.1, 0.15) is 25.3 Å². The molecular formula is C11H17N2O+. The van der Waals surface area contributed by atoms with Crippen LogP contribution in [0.2, 0.25) is 0 Å². The van der Waals surface area contributed by atoms with Gasteiger partial charge in [0.05, 0.1) is 12.2 Å². The molecule has 14 heavy (non-hydrogen) atoms. The van der Waals surface area contributed by atoms with Crippen LogP contribution in [0.4, 0.5) is 0 Å². The zero-order valence-electron chi connectivity index (χ0n) is 8.49. The van der Waals surface area contributed by atoms with Crippen molar-refractivity contribution in [1.29, 1.82) is 0 Å². The molecule has 1 aromatic rings. The lowest BCUT2D eigenvalue weighted by Gasteiger charge is -2.04. The molecule has 0 saturated heterocycles. The molecule has 1 rings (SSSR count). The van der Waals surface area contributed by atoms with Crippen molar-refractivity contribution >= 4 is 5.84 Å². The maximum absolute atomic E-state index is 5.49. The zero-order valence-corrected chi connectivity index (χ0v) is 8.49. The summed E-state index contributed by atoms with van der Waals surface area (Å²) in [6.45, 7) is 2.90. The first-order chi connectivity index (χ1) is 6.74. The van der Waals surface area contributed by atoms with Crippen LogP contribution in [0.15, 0.2) is 24.3 Å². The molecule has 0 aliphatic carbocycles. The average molecular weight is 193 g/mol. The number of unbranched alkanes of at least 4 members (excludes halogenated alkanes) is 1. The third kappa shape index (κ3) is 3.09. The number of amidine groups is 1. The zero-order chi connectivity index (χ0) is 10.4. The summed E-state index contributed by atoms with van der Waals surface area (Å²) in [7, 11) is 0. The van der Waals surface area contributed by atoms with Crippen molar-refractivity contribution in [1.82, 2.24) is 0 Å². The Morgan fingerprint density at radius 2 is 2.00 bits per heavy atom. The normalized spacial score (nSPS) is 9.79. The first kappa shape index (κ1) is 10.6. The van der Waals surface area contributed by atoms with E-state index in [-0.39, 0.29) is 0 Å². The molecular weight excluding hydrogens is 176 g/mol. The largest absolute Gasteiger partial charge is 0.494 e. The fourth-order valence-corrected chi connectivity index (χ4v) is 1.08. The Labute approximate surface area is 84.4 Å². The lowest BCUT2D eigenvalue weighted by atomic mass is 10.2. The second kappa shape index (κ2) is 5.27. The third-order valence-electron chi connectivity index (χ3n) is 1.95. The van der Waals surface area contributed by atoms with Crippen molar-refractivity contribution in [2.75, 3.05) is 6.61 Å². The molecule has 0 spiro atoms. The molecule has 0 atom stereocenters. The molecule has 3 heteroatoms. The van der Waals surface area contributed by atoms with E-state index in [1.807, 2.05) is 24.3 Å². The van der Waals surface area contributed by atoms with Crippen LogP contribution in [0.3, 0.4) is 0 Å². The lowest BCUT2D eigenvalue weighted by molar-refractivity contribution is -0.114. The van der Waals surface area contributed by atoms with Gasteiger partial charge in [-0.25, -0.2) is 0 Å². The lowest BCUT2D eigenvalue weighted by Crippen LogP contribution is -2.46. The molecule has 0 unspecified atom stereocenters. The summed E-state index contributed by atoms with van der Waals surface area (Å²) < 4.78 is 5.49. The standard InChI is InChI=1S/C11H16N2O/c1-2-3-8-14-10-6-4-9(5-7-10)11(12)13/h4-7H,2-3,8H2,1H3,(H3,12,13)/p+1. The van der Waals surface area contributed by atoms with E-state index in [4.69, 9.17) is 15.9 Å². The van der Waals surface area contributed by atoms with E-state index in [0.717, 1.165) is 30.8 Å². The fourth-order valence-electron chi connectivity index (χ4n) is 1.08. The van der Waals surface area contributed by atoms with E-state index >= 15 is 0 Å². The van der Waals surface area contributed by atoms with Gasteiger partial charge in [0.2, 0.25) is 0 Å². The van der Waals surface area contributed by atoms with Gasteiger partial charge in [-0.3, -0.25) is 11.1 Å². The van der Waals surface area contributed by atoms with Crippen molar-refractivity contribution in [3.8, 4) is 5.75 Å². The Morgan fingerprint density at radius 1 is 1.36 bits per heavy atom. The smallest absolute Gasteiger partial charge is 0.270 e. The van der Waals surface area contributed by atoms with Gasteiger partial charge in [0.25, 0.3) is 5.84 Å². The van der Waals surface area contributed by atoms with Gasteiger partial charge < -0.3 is 4.74 Å². The minimum absolute atomic E-state index is 0.338. The summed E-state index contributed by atoms with van der Waals surface area (Å²) in [6.07, 6.45) is 2.22. The molecule has 4 N–H and O–H groups in total. The van der Waals surface area contributed by atoms with Crippen molar-refractivity contribution in [2.24, 2.45) is 5.73 Å². The Hall–Kier alpha value is -1.51. The number of rotatable bonds is 5. The van der Waals surface area contributed by atoms with Crippen molar-refractivity contribution in [3.05, 3.63) is 29.8 Å². The Balaban J connectivity index is 2.51. The Morgan fingerprint density at radius 3 is 2.50 bits per heavy atom. The van der Waals surface area contributed by atoms with Gasteiger partial charge >= 0.3 is 0 Å². The molecule has 0 amide bonds. The quantitative estimate of drug-likeness (QED) is 0.402. The van der Waals surface area contributed by atoms with Gasteiger partial charge in [-0.1, -0.05) is 13.3 Å². The minimum atomic E-state index is 0.338. The molecule has 0 radical (unpaired) electrons. The van der Waals surface area contributed by atoms with Crippen LogP contribution in [-0.4, -0.2) is 12.4 Å². The van der Waals surface area contributed by atoms with Gasteiger partial charge in [0.15, 0.2) is 0 Å². The summed E-state index contributed by atoms with van der Waals surface area (Å²) in [5.74, 6) is 1.20. The molecule has 0 aliphatic rings. The van der Waals surface area contributed by atoms with Crippen molar-refractivity contribution in [3.63, 3.8) is 0 Å². The first-order valence-corrected chi connectivity index (χ1v) is 4.85. The molecule has 3 nitrogen and oxygen atoms in total. The molecule has 0 heterocycles. The topological polar surface area (TPSA) is 60.8 Å². The highest BCUT2D eigenvalue weighted by Crippen LogP contribution is 2.11. The van der Waals surface area contributed by atoms with E-state index in [1.165, 1.54) is 0 Å². The molecule has 1 aromatic carbocycles. The highest BCUT2D eigenvalue weighted by atomic mass is 16.5. The van der Waals surface area contributed by atoms with Crippen LogP contribution in [-0.2, 0) is 0 Å². The van der Waals surface area contributed by atoms with Crippen LogP contribution in [0.5, 0.6) is 5.75 Å². The number of nitrogens with two attached hydrogens (primary N) is 2. The van der Waals surface area contributed by atoms with Crippen LogP contribution in [0, 0.1) is 0 Å². The highest BCUT2D eigenvalue weighted by Gasteiger charge is 2.00. The predicted octanol–water partition coefficient (Wildman–Crippen LogP) is 0.330. The van der Waals surface area contributed by atoms with Gasteiger partial charge in [-0.2, -0.15) is 0 Å². The second-order valence-electron chi connectivity index (χ2n) is 3.18. The van der Waals surface area contributed by atoms with E-state index in [1.54, 1.807) is 0 Å². The second-order valence-corrected chi connectivity index (χ2v) is 3.18. The van der Waals surface area contributed by atoms with Crippen molar-refractivity contribution in [2.45, 2.75) is 19.8 Å². The fraction of sp³-hybridized carbons (Fsp3) is 0.364. The van der Waals surface area contributed by atoms with E-state index in [2.05, 4.69) is 6.92 Å². The van der Waals surface area contributed by atoms with Crippen LogP contribution >= 0.6 is 0 Å². The van der Waals surface area contributed by atoms with Gasteiger partial charge in [-0.05, 0) is 30.7 Å². The van der Waals surface area contributed by atoms with Gasteiger partial charge in [0, 0.05) is 0 Å². The van der Waals surface area contributed by atoms with Gasteiger partial charge in [-0.15, -0.1) is 0 Å². The monoisotopic (exact) mass is 193 g/mol. The molecule has 76 valence electrons. The average Bonchev–Trinajstić information content (AvgIpc) is 2.19. The van der Waals surface area contributed by atoms with Crippen LogP contribution < -0.4 is 15.9 Å². The summed E-state index contributed by atoms with van der Waals surface area (Å²) in [4.78, 5) is 0. The molecule has 0 aromatic heterocycles. The summed E-state index contributed by atoms with van der Waals surface area (Å²) in [5.41, 5.74) is 6.28. The number of hydrogen-bond donors (Lipinski definition) is 2. The maximum Gasteiger partial charge on any atom is 0.270 e. The number of benzene rings is 1. The summed E-state index contributed by atoms with van der Waals surface area (Å²) in [5, 5.41) is 5.44. The SMILES string of the molecule is CCCCOc1ccc(C(N)=[NH2+])cc1. The first-order valence-electron chi connectivity index (χ1n) is 4.85. The third-order valence-corrected chi connectivity index (χ3v) is 1.95. The molecule has 0 fully saturated rings. The number of ether oxygens (including phenoxy) is 1.